The maximum Gasteiger partial charge on any atom is 0.273 e. The Morgan fingerprint density at radius 3 is 2.22 bits per heavy atom. The van der Waals surface area contributed by atoms with E-state index in [1.54, 1.807) is 25.4 Å². The number of nitrogens with zero attached hydrogens (tertiary/aromatic N) is 4. The molecule has 2 amide bonds. The van der Waals surface area contributed by atoms with Gasteiger partial charge in [-0.05, 0) is 50.2 Å². The molecule has 0 aliphatic carbocycles. The molecule has 0 atom stereocenters. The molecular weight excluding hydrogens is 536 g/mol. The highest BCUT2D eigenvalue weighted by atomic mass is 32.1. The highest BCUT2D eigenvalue weighted by Crippen LogP contribution is 2.36. The van der Waals surface area contributed by atoms with Crippen LogP contribution in [0, 0.1) is 6.92 Å². The highest BCUT2D eigenvalue weighted by molar-refractivity contribution is 7.09. The van der Waals surface area contributed by atoms with Gasteiger partial charge in [0, 0.05) is 43.0 Å². The number of ether oxygens (including phenoxy) is 1. The van der Waals surface area contributed by atoms with Gasteiger partial charge in [0.2, 0.25) is 0 Å². The van der Waals surface area contributed by atoms with Crippen LogP contribution in [0.5, 0.6) is 5.75 Å². The van der Waals surface area contributed by atoms with Crippen LogP contribution >= 0.6 is 11.3 Å². The van der Waals surface area contributed by atoms with Crippen molar-refractivity contribution in [2.24, 2.45) is 0 Å². The van der Waals surface area contributed by atoms with E-state index in [1.165, 1.54) is 5.56 Å². The lowest BCUT2D eigenvalue weighted by Crippen LogP contribution is -2.38. The molecule has 9 heteroatoms. The molecule has 0 bridgehead atoms. The van der Waals surface area contributed by atoms with Crippen LogP contribution in [0.15, 0.2) is 64.5 Å². The molecule has 2 saturated heterocycles. The lowest BCUT2D eigenvalue weighted by atomic mass is 9.88. The van der Waals surface area contributed by atoms with Gasteiger partial charge in [-0.25, -0.2) is 4.98 Å². The van der Waals surface area contributed by atoms with Crippen LogP contribution in [0.2, 0.25) is 0 Å². The summed E-state index contributed by atoms with van der Waals surface area (Å²) in [5.41, 5.74) is 3.74. The van der Waals surface area contributed by atoms with E-state index in [1.807, 2.05) is 63.7 Å². The summed E-state index contributed by atoms with van der Waals surface area (Å²) in [7, 11) is 1.71. The Kier molecular flexibility index (Phi) is 7.87. The average Bonchev–Trinajstić information content (AvgIpc) is 3.68. The molecule has 0 saturated carbocycles. The SMILES string of the molecule is COc1ccccc1C1CCN(C(=O)c2csc(C3CCN(C(=O)c4c(-c5ccccc5)noc4C)CC3)n2)CC1. The maximum atomic E-state index is 13.5. The van der Waals surface area contributed by atoms with Crippen molar-refractivity contribution >= 4 is 23.2 Å². The summed E-state index contributed by atoms with van der Waals surface area (Å²) in [6.07, 6.45) is 3.44. The number of aryl methyl sites for hydroxylation is 1. The minimum Gasteiger partial charge on any atom is -0.496 e. The number of piperidine rings is 2. The van der Waals surface area contributed by atoms with Gasteiger partial charge in [-0.1, -0.05) is 53.7 Å². The summed E-state index contributed by atoms with van der Waals surface area (Å²) in [5.74, 6) is 2.04. The normalized spacial score (nSPS) is 16.6. The predicted molar refractivity (Wildman–Crippen MR) is 158 cm³/mol. The summed E-state index contributed by atoms with van der Waals surface area (Å²) in [6.45, 7) is 4.46. The largest absolute Gasteiger partial charge is 0.496 e. The number of rotatable bonds is 6. The summed E-state index contributed by atoms with van der Waals surface area (Å²) in [5, 5.41) is 7.06. The molecular formula is C32H34N4O4S. The van der Waals surface area contributed by atoms with E-state index in [-0.39, 0.29) is 17.7 Å². The number of carbonyl (C=O) groups is 2. The number of hydrogen-bond acceptors (Lipinski definition) is 7. The summed E-state index contributed by atoms with van der Waals surface area (Å²) in [4.78, 5) is 35.4. The zero-order chi connectivity index (χ0) is 28.3. The summed E-state index contributed by atoms with van der Waals surface area (Å²) < 4.78 is 11.0. The van der Waals surface area contributed by atoms with Crippen molar-refractivity contribution in [1.29, 1.82) is 0 Å². The number of methoxy groups -OCH3 is 1. The van der Waals surface area contributed by atoms with Crippen LogP contribution in [0.3, 0.4) is 0 Å². The fourth-order valence-corrected chi connectivity index (χ4v) is 7.00. The second-order valence-electron chi connectivity index (χ2n) is 10.8. The third-order valence-corrected chi connectivity index (χ3v) is 9.36. The maximum absolute atomic E-state index is 13.5. The molecule has 4 aromatic rings. The fraction of sp³-hybridized carbons (Fsp3) is 0.375. The Balaban J connectivity index is 1.05. The second-order valence-corrected chi connectivity index (χ2v) is 11.7. The van der Waals surface area contributed by atoms with Crippen molar-refractivity contribution in [3.8, 4) is 17.0 Å². The van der Waals surface area contributed by atoms with Gasteiger partial charge in [-0.3, -0.25) is 9.59 Å². The average molecular weight is 571 g/mol. The first-order chi connectivity index (χ1) is 20.0. The van der Waals surface area contributed by atoms with Crippen LogP contribution in [-0.2, 0) is 0 Å². The molecule has 212 valence electrons. The number of carbonyl (C=O) groups excluding carboxylic acids is 2. The number of para-hydroxylation sites is 1. The van der Waals surface area contributed by atoms with Crippen LogP contribution in [0.25, 0.3) is 11.3 Å². The van der Waals surface area contributed by atoms with Crippen molar-refractivity contribution in [3.05, 3.63) is 87.6 Å². The van der Waals surface area contributed by atoms with E-state index >= 15 is 0 Å². The number of likely N-dealkylation sites (tertiary alicyclic amines) is 2. The van der Waals surface area contributed by atoms with Gasteiger partial charge >= 0.3 is 0 Å². The number of amides is 2. The van der Waals surface area contributed by atoms with Gasteiger partial charge in [0.05, 0.1) is 12.1 Å². The van der Waals surface area contributed by atoms with Gasteiger partial charge < -0.3 is 19.1 Å². The molecule has 2 aromatic heterocycles. The van der Waals surface area contributed by atoms with E-state index in [0.29, 0.717) is 54.8 Å². The van der Waals surface area contributed by atoms with Gasteiger partial charge in [0.15, 0.2) is 0 Å². The Bertz CT molecular complexity index is 1520. The second kappa shape index (κ2) is 11.9. The van der Waals surface area contributed by atoms with Crippen LogP contribution in [0.4, 0.5) is 0 Å². The Labute approximate surface area is 243 Å². The van der Waals surface area contributed by atoms with Crippen molar-refractivity contribution < 1.29 is 18.8 Å². The minimum absolute atomic E-state index is 0.00923. The molecule has 2 aromatic carbocycles. The van der Waals surface area contributed by atoms with Crippen molar-refractivity contribution in [3.63, 3.8) is 0 Å². The third-order valence-electron chi connectivity index (χ3n) is 8.36. The summed E-state index contributed by atoms with van der Waals surface area (Å²) in [6, 6.07) is 17.8. The monoisotopic (exact) mass is 570 g/mol. The summed E-state index contributed by atoms with van der Waals surface area (Å²) >= 11 is 1.56. The third kappa shape index (κ3) is 5.51. The molecule has 0 spiro atoms. The quantitative estimate of drug-likeness (QED) is 0.276. The molecule has 0 N–H and O–H groups in total. The topological polar surface area (TPSA) is 88.8 Å². The smallest absolute Gasteiger partial charge is 0.273 e. The first-order valence-electron chi connectivity index (χ1n) is 14.2. The first-order valence-corrected chi connectivity index (χ1v) is 15.1. The lowest BCUT2D eigenvalue weighted by Gasteiger charge is -2.32. The molecule has 2 aliphatic rings. The molecule has 41 heavy (non-hydrogen) atoms. The predicted octanol–water partition coefficient (Wildman–Crippen LogP) is 6.15. The van der Waals surface area contributed by atoms with E-state index < -0.39 is 0 Å². The van der Waals surface area contributed by atoms with E-state index in [2.05, 4.69) is 11.2 Å². The van der Waals surface area contributed by atoms with Crippen molar-refractivity contribution in [1.82, 2.24) is 19.9 Å². The van der Waals surface area contributed by atoms with Gasteiger partial charge in [-0.15, -0.1) is 11.3 Å². The molecule has 2 aliphatic heterocycles. The minimum atomic E-state index is -0.0485. The molecule has 6 rings (SSSR count). The Hall–Kier alpha value is -3.98. The molecule has 0 radical (unpaired) electrons. The first kappa shape index (κ1) is 27.2. The van der Waals surface area contributed by atoms with Crippen LogP contribution < -0.4 is 4.74 Å². The molecule has 4 heterocycles. The number of aromatic nitrogens is 2. The fourth-order valence-electron chi connectivity index (χ4n) is 6.04. The van der Waals surface area contributed by atoms with Crippen LogP contribution in [-0.4, -0.2) is 65.0 Å². The zero-order valence-electron chi connectivity index (χ0n) is 23.4. The van der Waals surface area contributed by atoms with Gasteiger partial charge in [0.25, 0.3) is 11.8 Å². The Morgan fingerprint density at radius 2 is 1.51 bits per heavy atom. The van der Waals surface area contributed by atoms with Crippen LogP contribution in [0.1, 0.15) is 74.7 Å². The zero-order valence-corrected chi connectivity index (χ0v) is 24.2. The number of benzene rings is 2. The molecule has 0 unspecified atom stereocenters. The van der Waals surface area contributed by atoms with E-state index in [4.69, 9.17) is 14.2 Å². The standard InChI is InChI=1S/C32H34N4O4S/c1-21-28(29(34-40-21)23-8-4-3-5-9-23)32(38)36-18-14-24(15-19-36)30-33-26(20-41-30)31(37)35-16-12-22(13-17-35)25-10-6-7-11-27(25)39-2/h3-11,20,22,24H,12-19H2,1-2H3. The molecule has 8 nitrogen and oxygen atoms in total. The van der Waals surface area contributed by atoms with Crippen molar-refractivity contribution in [2.75, 3.05) is 33.3 Å². The van der Waals surface area contributed by atoms with Gasteiger partial charge in [-0.2, -0.15) is 0 Å². The van der Waals surface area contributed by atoms with E-state index in [0.717, 1.165) is 42.0 Å². The highest BCUT2D eigenvalue weighted by Gasteiger charge is 2.32. The number of thiazole rings is 1. The Morgan fingerprint density at radius 1 is 0.878 bits per heavy atom. The number of hydrogen-bond donors (Lipinski definition) is 0. The molecule has 2 fully saturated rings. The van der Waals surface area contributed by atoms with E-state index in [9.17, 15) is 9.59 Å². The lowest BCUT2D eigenvalue weighted by molar-refractivity contribution is 0.0706. The van der Waals surface area contributed by atoms with Gasteiger partial charge in [0.1, 0.15) is 28.5 Å². The van der Waals surface area contributed by atoms with Crippen molar-refractivity contribution in [2.45, 2.75) is 44.4 Å².